The van der Waals surface area contributed by atoms with E-state index in [9.17, 15) is 10.1 Å². The molecule has 1 aromatic carbocycles. The van der Waals surface area contributed by atoms with Crippen molar-refractivity contribution < 1.29 is 4.92 Å². The topological polar surface area (TPSA) is 72.4 Å². The number of nitro benzene ring substituents is 1. The monoisotopic (exact) mass is 287 g/mol. The van der Waals surface area contributed by atoms with Crippen LogP contribution < -0.4 is 10.6 Å². The Labute approximate surface area is 103 Å². The Morgan fingerprint density at radius 2 is 2.25 bits per heavy atom. The highest BCUT2D eigenvalue weighted by Gasteiger charge is 2.11. The standard InChI is InChI=1S/C10H14BrN3O2/c1-13(6-2-5-12)10-4-3-8(14(15)16)7-9(10)11/h3-4,7H,2,5-6,12H2,1H3. The quantitative estimate of drug-likeness (QED) is 0.665. The summed E-state index contributed by atoms with van der Waals surface area (Å²) in [5.74, 6) is 0. The summed E-state index contributed by atoms with van der Waals surface area (Å²) in [6, 6.07) is 4.74. The predicted octanol–water partition coefficient (Wildman–Crippen LogP) is 2.14. The van der Waals surface area contributed by atoms with Gasteiger partial charge in [0.05, 0.1) is 10.6 Å². The first-order chi connectivity index (χ1) is 7.56. The summed E-state index contributed by atoms with van der Waals surface area (Å²) in [5.41, 5.74) is 6.44. The number of hydrogen-bond donors (Lipinski definition) is 1. The number of nitrogens with two attached hydrogens (primary N) is 1. The van der Waals surface area contributed by atoms with Crippen molar-refractivity contribution in [3.63, 3.8) is 0 Å². The number of nitro groups is 1. The molecule has 0 radical (unpaired) electrons. The van der Waals surface area contributed by atoms with Gasteiger partial charge in [0.25, 0.3) is 5.69 Å². The molecule has 0 aliphatic carbocycles. The Hall–Kier alpha value is -1.14. The van der Waals surface area contributed by atoms with Gasteiger partial charge in [0.15, 0.2) is 0 Å². The van der Waals surface area contributed by atoms with Gasteiger partial charge in [0.2, 0.25) is 0 Å². The van der Waals surface area contributed by atoms with E-state index >= 15 is 0 Å². The van der Waals surface area contributed by atoms with Gasteiger partial charge in [-0.15, -0.1) is 0 Å². The van der Waals surface area contributed by atoms with Crippen molar-refractivity contribution in [3.8, 4) is 0 Å². The van der Waals surface area contributed by atoms with E-state index in [1.165, 1.54) is 12.1 Å². The maximum absolute atomic E-state index is 10.6. The van der Waals surface area contributed by atoms with Gasteiger partial charge in [0.1, 0.15) is 0 Å². The fourth-order valence-electron chi connectivity index (χ4n) is 1.37. The SMILES string of the molecule is CN(CCCN)c1ccc([N+](=O)[O-])cc1Br. The predicted molar refractivity (Wildman–Crippen MR) is 67.7 cm³/mol. The van der Waals surface area contributed by atoms with Crippen LogP contribution in [0.1, 0.15) is 6.42 Å². The molecule has 0 aliphatic heterocycles. The van der Waals surface area contributed by atoms with E-state index in [0.29, 0.717) is 6.54 Å². The lowest BCUT2D eigenvalue weighted by Gasteiger charge is -2.20. The van der Waals surface area contributed by atoms with Gasteiger partial charge >= 0.3 is 0 Å². The van der Waals surface area contributed by atoms with Crippen LogP contribution in [0.3, 0.4) is 0 Å². The van der Waals surface area contributed by atoms with Crippen LogP contribution in [0.2, 0.25) is 0 Å². The molecule has 0 unspecified atom stereocenters. The van der Waals surface area contributed by atoms with Crippen LogP contribution in [-0.2, 0) is 0 Å². The Balaban J connectivity index is 2.85. The normalized spacial score (nSPS) is 10.2. The van der Waals surface area contributed by atoms with E-state index in [1.807, 2.05) is 11.9 Å². The zero-order valence-electron chi connectivity index (χ0n) is 9.02. The van der Waals surface area contributed by atoms with Gasteiger partial charge in [0, 0.05) is 30.2 Å². The highest BCUT2D eigenvalue weighted by Crippen LogP contribution is 2.29. The number of benzene rings is 1. The first-order valence-electron chi connectivity index (χ1n) is 4.91. The molecule has 1 rings (SSSR count). The summed E-state index contributed by atoms with van der Waals surface area (Å²) in [4.78, 5) is 12.2. The van der Waals surface area contributed by atoms with E-state index in [4.69, 9.17) is 5.73 Å². The molecule has 16 heavy (non-hydrogen) atoms. The minimum absolute atomic E-state index is 0.0860. The summed E-state index contributed by atoms with van der Waals surface area (Å²) in [5, 5.41) is 10.6. The maximum Gasteiger partial charge on any atom is 0.270 e. The molecule has 0 atom stereocenters. The number of nitrogens with zero attached hydrogens (tertiary/aromatic N) is 2. The Morgan fingerprint density at radius 1 is 1.56 bits per heavy atom. The largest absolute Gasteiger partial charge is 0.374 e. The summed E-state index contributed by atoms with van der Waals surface area (Å²) in [6.45, 7) is 1.46. The van der Waals surface area contributed by atoms with Gasteiger partial charge in [-0.3, -0.25) is 10.1 Å². The van der Waals surface area contributed by atoms with E-state index < -0.39 is 4.92 Å². The van der Waals surface area contributed by atoms with Crippen LogP contribution in [0.5, 0.6) is 0 Å². The minimum Gasteiger partial charge on any atom is -0.374 e. The van der Waals surface area contributed by atoms with Crippen LogP contribution in [-0.4, -0.2) is 25.1 Å². The van der Waals surface area contributed by atoms with Gasteiger partial charge in [-0.2, -0.15) is 0 Å². The molecule has 0 amide bonds. The second-order valence-electron chi connectivity index (χ2n) is 3.46. The molecule has 0 spiro atoms. The number of rotatable bonds is 5. The molecule has 0 aromatic heterocycles. The number of anilines is 1. The van der Waals surface area contributed by atoms with E-state index in [2.05, 4.69) is 15.9 Å². The van der Waals surface area contributed by atoms with Crippen LogP contribution in [0.25, 0.3) is 0 Å². The minimum atomic E-state index is -0.408. The van der Waals surface area contributed by atoms with Gasteiger partial charge in [-0.1, -0.05) is 0 Å². The molecule has 1 aromatic rings. The zero-order valence-corrected chi connectivity index (χ0v) is 10.6. The van der Waals surface area contributed by atoms with Crippen molar-refractivity contribution in [2.45, 2.75) is 6.42 Å². The van der Waals surface area contributed by atoms with Crippen LogP contribution >= 0.6 is 15.9 Å². The van der Waals surface area contributed by atoms with Gasteiger partial charge < -0.3 is 10.6 Å². The maximum atomic E-state index is 10.6. The number of non-ortho nitro benzene ring substituents is 1. The molecule has 0 fully saturated rings. The average Bonchev–Trinajstić information content (AvgIpc) is 2.25. The molecule has 5 nitrogen and oxygen atoms in total. The zero-order chi connectivity index (χ0) is 12.1. The lowest BCUT2D eigenvalue weighted by molar-refractivity contribution is -0.384. The molecule has 0 aliphatic rings. The van der Waals surface area contributed by atoms with Gasteiger partial charge in [-0.05, 0) is 35.0 Å². The smallest absolute Gasteiger partial charge is 0.270 e. The lowest BCUT2D eigenvalue weighted by atomic mass is 10.2. The Kier molecular flexibility index (Phi) is 4.70. The highest BCUT2D eigenvalue weighted by atomic mass is 79.9. The van der Waals surface area contributed by atoms with Crippen LogP contribution in [0.4, 0.5) is 11.4 Å². The van der Waals surface area contributed by atoms with Gasteiger partial charge in [-0.25, -0.2) is 0 Å². The molecular weight excluding hydrogens is 274 g/mol. The van der Waals surface area contributed by atoms with Crippen molar-refractivity contribution in [1.82, 2.24) is 0 Å². The lowest BCUT2D eigenvalue weighted by Crippen LogP contribution is -2.21. The molecule has 6 heteroatoms. The second-order valence-corrected chi connectivity index (χ2v) is 4.31. The van der Waals surface area contributed by atoms with Crippen molar-refractivity contribution in [2.24, 2.45) is 5.73 Å². The fraction of sp³-hybridized carbons (Fsp3) is 0.400. The summed E-state index contributed by atoms with van der Waals surface area (Å²) < 4.78 is 0.723. The van der Waals surface area contributed by atoms with Crippen molar-refractivity contribution >= 4 is 27.3 Å². The fourth-order valence-corrected chi connectivity index (χ4v) is 2.04. The Morgan fingerprint density at radius 3 is 2.75 bits per heavy atom. The molecule has 88 valence electrons. The Bertz CT molecular complexity index is 384. The number of halogens is 1. The van der Waals surface area contributed by atoms with Crippen LogP contribution in [0.15, 0.2) is 22.7 Å². The van der Waals surface area contributed by atoms with Crippen molar-refractivity contribution in [2.75, 3.05) is 25.0 Å². The molecular formula is C10H14BrN3O2. The van der Waals surface area contributed by atoms with E-state index in [1.54, 1.807) is 6.07 Å². The first kappa shape index (κ1) is 12.9. The molecule has 0 heterocycles. The van der Waals surface area contributed by atoms with Crippen molar-refractivity contribution in [1.29, 1.82) is 0 Å². The van der Waals surface area contributed by atoms with Crippen LogP contribution in [0, 0.1) is 10.1 Å². The van der Waals surface area contributed by atoms with E-state index in [-0.39, 0.29) is 5.69 Å². The summed E-state index contributed by atoms with van der Waals surface area (Å²) >= 11 is 3.33. The third-order valence-corrected chi connectivity index (χ3v) is 2.89. The third-order valence-electron chi connectivity index (χ3n) is 2.25. The summed E-state index contributed by atoms with van der Waals surface area (Å²) in [7, 11) is 1.93. The highest BCUT2D eigenvalue weighted by molar-refractivity contribution is 9.10. The average molecular weight is 288 g/mol. The summed E-state index contributed by atoms with van der Waals surface area (Å²) in [6.07, 6.45) is 0.889. The molecule has 2 N–H and O–H groups in total. The number of hydrogen-bond acceptors (Lipinski definition) is 4. The van der Waals surface area contributed by atoms with E-state index in [0.717, 1.165) is 23.1 Å². The second kappa shape index (κ2) is 5.81. The third kappa shape index (κ3) is 3.18. The van der Waals surface area contributed by atoms with Crippen molar-refractivity contribution in [3.05, 3.63) is 32.8 Å². The molecule has 0 saturated carbocycles. The first-order valence-corrected chi connectivity index (χ1v) is 5.70. The molecule has 0 bridgehead atoms. The molecule has 0 saturated heterocycles.